The van der Waals surface area contributed by atoms with Crippen molar-refractivity contribution in [3.05, 3.63) is 206 Å². The monoisotopic (exact) mass is 720 g/mol. The van der Waals surface area contributed by atoms with E-state index in [9.17, 15) is 0 Å². The molecular weight excluding hydrogens is 685 g/mol. The summed E-state index contributed by atoms with van der Waals surface area (Å²) in [7, 11) is 0. The van der Waals surface area contributed by atoms with Crippen molar-refractivity contribution < 1.29 is 4.42 Å². The lowest BCUT2D eigenvalue weighted by molar-refractivity contribution is 0.669. The molecule has 0 amide bonds. The number of hydrogen-bond donors (Lipinski definition) is 0. The Morgan fingerprint density at radius 3 is 1.68 bits per heavy atom. The van der Waals surface area contributed by atoms with E-state index in [1.807, 2.05) is 30.3 Å². The Bertz CT molecular complexity index is 2810. The highest BCUT2D eigenvalue weighted by Crippen LogP contribution is 2.45. The number of rotatable bonds is 8. The Kier molecular flexibility index (Phi) is 8.58. The second kappa shape index (κ2) is 14.5. The van der Waals surface area contributed by atoms with Crippen LogP contribution < -0.4 is 4.90 Å². The molecule has 5 nitrogen and oxygen atoms in total. The van der Waals surface area contributed by atoms with Gasteiger partial charge in [0.25, 0.3) is 0 Å². The predicted octanol–water partition coefficient (Wildman–Crippen LogP) is 13.5. The standard InChI is InChI=1S/C51H36N4O/c1-5-16-35(17-6-1)39-24-13-26-42(32-39)55(43-27-14-25-40(33-43)36-18-7-2-8-19-36)45-28-15-29-46-48(45)44-31-30-41(34-47(44)56-46)51-53-49(37-20-9-3-10-21-37)52-50(54-51)38-22-11-4-12-23-38/h1-22,24-34,38H,23H2. The molecule has 7 aromatic carbocycles. The van der Waals surface area contributed by atoms with Gasteiger partial charge in [-0.3, -0.25) is 0 Å². The molecular formula is C51H36N4O. The second-order valence-corrected chi connectivity index (χ2v) is 14.0. The van der Waals surface area contributed by atoms with Crippen molar-refractivity contribution in [2.45, 2.75) is 12.3 Å². The van der Waals surface area contributed by atoms with Gasteiger partial charge in [0.2, 0.25) is 0 Å². The molecule has 0 saturated carbocycles. The molecule has 1 unspecified atom stereocenters. The van der Waals surface area contributed by atoms with Gasteiger partial charge in [0, 0.05) is 33.8 Å². The topological polar surface area (TPSA) is 55.1 Å². The van der Waals surface area contributed by atoms with Crippen LogP contribution in [0.1, 0.15) is 18.2 Å². The van der Waals surface area contributed by atoms with Gasteiger partial charge >= 0.3 is 0 Å². The first kappa shape index (κ1) is 33.2. The van der Waals surface area contributed by atoms with Crippen LogP contribution in [-0.4, -0.2) is 15.0 Å². The van der Waals surface area contributed by atoms with Crippen LogP contribution in [0.25, 0.3) is 67.0 Å². The van der Waals surface area contributed by atoms with Crippen molar-refractivity contribution in [1.29, 1.82) is 0 Å². The van der Waals surface area contributed by atoms with Crippen molar-refractivity contribution in [2.75, 3.05) is 4.90 Å². The van der Waals surface area contributed by atoms with Gasteiger partial charge < -0.3 is 9.32 Å². The van der Waals surface area contributed by atoms with Gasteiger partial charge in [0.1, 0.15) is 17.0 Å². The molecule has 2 aromatic heterocycles. The Morgan fingerprint density at radius 2 is 1.05 bits per heavy atom. The summed E-state index contributed by atoms with van der Waals surface area (Å²) in [6, 6.07) is 61.3. The van der Waals surface area contributed by atoms with Gasteiger partial charge in [-0.05, 0) is 77.2 Å². The van der Waals surface area contributed by atoms with E-state index in [0.29, 0.717) is 11.6 Å². The minimum absolute atomic E-state index is 0.0773. The Balaban J connectivity index is 1.13. The van der Waals surface area contributed by atoms with Gasteiger partial charge in [-0.1, -0.05) is 152 Å². The SMILES string of the molecule is C1=CCC(c2nc(-c3ccccc3)nc(-c3ccc4c(c3)oc3cccc(N(c5cccc(-c6ccccc6)c5)c5cccc(-c6ccccc6)c5)c34)n2)C=C1. The van der Waals surface area contributed by atoms with E-state index >= 15 is 0 Å². The fourth-order valence-corrected chi connectivity index (χ4v) is 7.65. The average molecular weight is 721 g/mol. The van der Waals surface area contributed by atoms with E-state index in [2.05, 4.69) is 175 Å². The van der Waals surface area contributed by atoms with Crippen molar-refractivity contribution in [1.82, 2.24) is 15.0 Å². The number of aromatic nitrogens is 3. The summed E-state index contributed by atoms with van der Waals surface area (Å²) in [6.45, 7) is 0. The number of nitrogens with zero attached hydrogens (tertiary/aromatic N) is 4. The molecule has 266 valence electrons. The lowest BCUT2D eigenvalue weighted by atomic mass is 10.00. The maximum atomic E-state index is 6.71. The van der Waals surface area contributed by atoms with Crippen LogP contribution >= 0.6 is 0 Å². The van der Waals surface area contributed by atoms with Crippen LogP contribution in [0, 0.1) is 0 Å². The first-order chi connectivity index (χ1) is 27.7. The third-order valence-corrected chi connectivity index (χ3v) is 10.4. The summed E-state index contributed by atoms with van der Waals surface area (Å²) in [6.07, 6.45) is 9.30. The molecule has 1 aliphatic rings. The Morgan fingerprint density at radius 1 is 0.464 bits per heavy atom. The van der Waals surface area contributed by atoms with Gasteiger partial charge in [-0.15, -0.1) is 0 Å². The van der Waals surface area contributed by atoms with E-state index in [0.717, 1.165) is 73.5 Å². The zero-order valence-corrected chi connectivity index (χ0v) is 30.5. The maximum absolute atomic E-state index is 6.71. The molecule has 10 rings (SSSR count). The van der Waals surface area contributed by atoms with Crippen LogP contribution in [-0.2, 0) is 0 Å². The first-order valence-electron chi connectivity index (χ1n) is 19.0. The Hall–Kier alpha value is -7.37. The number of anilines is 3. The van der Waals surface area contributed by atoms with Gasteiger partial charge in [0.05, 0.1) is 11.1 Å². The molecule has 56 heavy (non-hydrogen) atoms. The van der Waals surface area contributed by atoms with Crippen molar-refractivity contribution in [3.8, 4) is 45.0 Å². The van der Waals surface area contributed by atoms with Crippen molar-refractivity contribution in [3.63, 3.8) is 0 Å². The van der Waals surface area contributed by atoms with Crippen molar-refractivity contribution in [2.24, 2.45) is 0 Å². The minimum atomic E-state index is 0.0773. The highest BCUT2D eigenvalue weighted by atomic mass is 16.3. The molecule has 0 bridgehead atoms. The second-order valence-electron chi connectivity index (χ2n) is 14.0. The van der Waals surface area contributed by atoms with Gasteiger partial charge in [0.15, 0.2) is 11.6 Å². The van der Waals surface area contributed by atoms with Gasteiger partial charge in [-0.2, -0.15) is 0 Å². The van der Waals surface area contributed by atoms with Crippen LogP contribution in [0.3, 0.4) is 0 Å². The summed E-state index contributed by atoms with van der Waals surface area (Å²) < 4.78 is 6.71. The zero-order valence-electron chi connectivity index (χ0n) is 30.5. The summed E-state index contributed by atoms with van der Waals surface area (Å²) in [5, 5.41) is 2.05. The molecule has 2 heterocycles. The molecule has 0 aliphatic heterocycles. The molecule has 0 N–H and O–H groups in total. The molecule has 1 atom stereocenters. The number of allylic oxidation sites excluding steroid dienone is 4. The van der Waals surface area contributed by atoms with E-state index in [1.54, 1.807) is 0 Å². The number of furan rings is 1. The molecule has 5 heteroatoms. The lowest BCUT2D eigenvalue weighted by Crippen LogP contribution is -2.10. The molecule has 0 spiro atoms. The summed E-state index contributed by atoms with van der Waals surface area (Å²) >= 11 is 0. The third kappa shape index (κ3) is 6.35. The summed E-state index contributed by atoms with van der Waals surface area (Å²) in [5.41, 5.74) is 11.1. The fourth-order valence-electron chi connectivity index (χ4n) is 7.65. The van der Waals surface area contributed by atoms with Crippen LogP contribution in [0.4, 0.5) is 17.1 Å². The quantitative estimate of drug-likeness (QED) is 0.156. The van der Waals surface area contributed by atoms with E-state index in [1.165, 1.54) is 11.1 Å². The molecule has 1 aliphatic carbocycles. The van der Waals surface area contributed by atoms with E-state index < -0.39 is 0 Å². The highest BCUT2D eigenvalue weighted by Gasteiger charge is 2.22. The molecule has 9 aromatic rings. The first-order valence-corrected chi connectivity index (χ1v) is 19.0. The van der Waals surface area contributed by atoms with E-state index in [-0.39, 0.29) is 5.92 Å². The minimum Gasteiger partial charge on any atom is -0.456 e. The normalized spacial score (nSPS) is 13.7. The Labute approximate surface area is 325 Å². The van der Waals surface area contributed by atoms with Crippen molar-refractivity contribution >= 4 is 39.0 Å². The fraction of sp³-hybridized carbons (Fsp3) is 0.0392. The largest absolute Gasteiger partial charge is 0.456 e. The maximum Gasteiger partial charge on any atom is 0.163 e. The number of benzene rings is 7. The lowest BCUT2D eigenvalue weighted by Gasteiger charge is -2.27. The average Bonchev–Trinajstić information content (AvgIpc) is 3.67. The van der Waals surface area contributed by atoms with Gasteiger partial charge in [-0.25, -0.2) is 15.0 Å². The summed E-state index contributed by atoms with van der Waals surface area (Å²) in [4.78, 5) is 17.4. The summed E-state index contributed by atoms with van der Waals surface area (Å²) in [5.74, 6) is 2.11. The van der Waals surface area contributed by atoms with E-state index in [4.69, 9.17) is 19.4 Å². The molecule has 0 saturated heterocycles. The van der Waals surface area contributed by atoms with Crippen LogP contribution in [0.2, 0.25) is 0 Å². The highest BCUT2D eigenvalue weighted by molar-refractivity contribution is 6.14. The third-order valence-electron chi connectivity index (χ3n) is 10.4. The smallest absolute Gasteiger partial charge is 0.163 e. The number of hydrogen-bond acceptors (Lipinski definition) is 5. The van der Waals surface area contributed by atoms with Crippen LogP contribution in [0.5, 0.6) is 0 Å². The number of fused-ring (bicyclic) bond motifs is 3. The molecule has 0 fully saturated rings. The zero-order chi connectivity index (χ0) is 37.3. The predicted molar refractivity (Wildman–Crippen MR) is 229 cm³/mol. The molecule has 0 radical (unpaired) electrons. The van der Waals surface area contributed by atoms with Crippen LogP contribution in [0.15, 0.2) is 205 Å².